The van der Waals surface area contributed by atoms with Crippen LogP contribution in [0.4, 0.5) is 0 Å². The van der Waals surface area contributed by atoms with Crippen molar-refractivity contribution in [2.24, 2.45) is 5.92 Å². The van der Waals surface area contributed by atoms with Crippen LogP contribution in [0.5, 0.6) is 5.75 Å². The average molecular weight is 304 g/mol. The smallest absolute Gasteiger partial charge is 0.261 e. The number of benzene rings is 1. The maximum atomic E-state index is 12.4. The lowest BCUT2D eigenvalue weighted by Crippen LogP contribution is -2.60. The summed E-state index contributed by atoms with van der Waals surface area (Å²) in [7, 11) is 0. The Hall–Kier alpha value is -2.37. The number of amides is 2. The van der Waals surface area contributed by atoms with E-state index in [0.29, 0.717) is 30.7 Å². The third-order valence-electron chi connectivity index (χ3n) is 3.61. The largest absolute Gasteiger partial charge is 0.483 e. The number of aldehydes is 1. The number of nitrogens with one attached hydrogen (secondary N) is 1. The number of hydrogen-bond donors (Lipinski definition) is 1. The fourth-order valence-corrected chi connectivity index (χ4v) is 2.56. The van der Waals surface area contributed by atoms with Crippen LogP contribution in [-0.4, -0.2) is 48.7 Å². The minimum absolute atomic E-state index is 0.0199. The molecule has 1 unspecified atom stereocenters. The van der Waals surface area contributed by atoms with E-state index in [1.165, 1.54) is 0 Å². The van der Waals surface area contributed by atoms with E-state index in [0.717, 1.165) is 0 Å². The molecule has 22 heavy (non-hydrogen) atoms. The number of rotatable bonds is 5. The van der Waals surface area contributed by atoms with E-state index in [1.54, 1.807) is 29.2 Å². The van der Waals surface area contributed by atoms with Crippen molar-refractivity contribution in [2.75, 3.05) is 19.7 Å². The van der Waals surface area contributed by atoms with Crippen LogP contribution in [0.25, 0.3) is 0 Å². The molecule has 1 aromatic carbocycles. The molecule has 1 N–H and O–H groups in total. The molecule has 1 saturated heterocycles. The SMILES string of the molecule is CC(C)C1C(=O)NCCN1C(=O)COc1ccccc1C=O. The summed E-state index contributed by atoms with van der Waals surface area (Å²) in [6.45, 7) is 4.52. The van der Waals surface area contributed by atoms with Crippen LogP contribution in [0.15, 0.2) is 24.3 Å². The van der Waals surface area contributed by atoms with Gasteiger partial charge >= 0.3 is 0 Å². The van der Waals surface area contributed by atoms with Crippen LogP contribution in [0, 0.1) is 5.92 Å². The van der Waals surface area contributed by atoms with Crippen molar-refractivity contribution < 1.29 is 19.1 Å². The van der Waals surface area contributed by atoms with Crippen LogP contribution in [-0.2, 0) is 9.59 Å². The van der Waals surface area contributed by atoms with E-state index < -0.39 is 6.04 Å². The molecule has 6 nitrogen and oxygen atoms in total. The van der Waals surface area contributed by atoms with Crippen molar-refractivity contribution in [3.05, 3.63) is 29.8 Å². The van der Waals surface area contributed by atoms with Gasteiger partial charge in [-0.2, -0.15) is 0 Å². The summed E-state index contributed by atoms with van der Waals surface area (Å²) in [4.78, 5) is 36.8. The first kappa shape index (κ1) is 16.0. The molecule has 0 radical (unpaired) electrons. The highest BCUT2D eigenvalue weighted by Gasteiger charge is 2.35. The van der Waals surface area contributed by atoms with Crippen molar-refractivity contribution in [3.8, 4) is 5.75 Å². The maximum Gasteiger partial charge on any atom is 0.261 e. The molecule has 0 saturated carbocycles. The normalized spacial score (nSPS) is 18.0. The second-order valence-electron chi connectivity index (χ2n) is 5.51. The van der Waals surface area contributed by atoms with Gasteiger partial charge in [-0.25, -0.2) is 0 Å². The molecule has 1 aliphatic heterocycles. The molecular formula is C16H20N2O4. The first-order valence-corrected chi connectivity index (χ1v) is 7.28. The predicted octanol–water partition coefficient (Wildman–Crippen LogP) is 0.861. The predicted molar refractivity (Wildman–Crippen MR) is 80.7 cm³/mol. The van der Waals surface area contributed by atoms with Crippen molar-refractivity contribution in [2.45, 2.75) is 19.9 Å². The summed E-state index contributed by atoms with van der Waals surface area (Å²) in [6.07, 6.45) is 0.686. The van der Waals surface area contributed by atoms with Crippen LogP contribution < -0.4 is 10.1 Å². The number of ether oxygens (including phenoxy) is 1. The Bertz CT molecular complexity index is 571. The van der Waals surface area contributed by atoms with Gasteiger partial charge in [0, 0.05) is 13.1 Å². The summed E-state index contributed by atoms with van der Waals surface area (Å²) in [5.41, 5.74) is 0.395. The molecule has 1 aromatic rings. The molecule has 0 aromatic heterocycles. The van der Waals surface area contributed by atoms with E-state index in [4.69, 9.17) is 4.74 Å². The lowest BCUT2D eigenvalue weighted by Gasteiger charge is -2.37. The van der Waals surface area contributed by atoms with Crippen LogP contribution in [0.2, 0.25) is 0 Å². The molecular weight excluding hydrogens is 284 g/mol. The lowest BCUT2D eigenvalue weighted by atomic mass is 9.99. The van der Waals surface area contributed by atoms with Crippen LogP contribution >= 0.6 is 0 Å². The van der Waals surface area contributed by atoms with Gasteiger partial charge in [0.1, 0.15) is 11.8 Å². The first-order valence-electron chi connectivity index (χ1n) is 7.28. The Morgan fingerprint density at radius 1 is 1.45 bits per heavy atom. The summed E-state index contributed by atoms with van der Waals surface area (Å²) < 4.78 is 5.45. The second-order valence-corrected chi connectivity index (χ2v) is 5.51. The van der Waals surface area contributed by atoms with Gasteiger partial charge < -0.3 is 15.0 Å². The second kappa shape index (κ2) is 7.06. The fraction of sp³-hybridized carbons (Fsp3) is 0.438. The lowest BCUT2D eigenvalue weighted by molar-refractivity contribution is -0.146. The average Bonchev–Trinajstić information content (AvgIpc) is 2.52. The van der Waals surface area contributed by atoms with Gasteiger partial charge in [-0.1, -0.05) is 26.0 Å². The Kier molecular flexibility index (Phi) is 5.14. The molecule has 6 heteroatoms. The molecule has 118 valence electrons. The third kappa shape index (κ3) is 3.44. The van der Waals surface area contributed by atoms with Crippen molar-refractivity contribution in [3.63, 3.8) is 0 Å². The monoisotopic (exact) mass is 304 g/mol. The molecule has 0 spiro atoms. The zero-order valence-electron chi connectivity index (χ0n) is 12.7. The molecule has 1 atom stereocenters. The maximum absolute atomic E-state index is 12.4. The molecule has 2 rings (SSSR count). The number of nitrogens with zero attached hydrogens (tertiary/aromatic N) is 1. The minimum Gasteiger partial charge on any atom is -0.483 e. The highest BCUT2D eigenvalue weighted by atomic mass is 16.5. The van der Waals surface area contributed by atoms with Crippen LogP contribution in [0.1, 0.15) is 24.2 Å². The number of para-hydroxylation sites is 1. The topological polar surface area (TPSA) is 75.7 Å². The van der Waals surface area contributed by atoms with E-state index in [2.05, 4.69) is 5.32 Å². The van der Waals surface area contributed by atoms with E-state index in [9.17, 15) is 14.4 Å². The van der Waals surface area contributed by atoms with E-state index >= 15 is 0 Å². The number of piperazine rings is 1. The summed E-state index contributed by atoms with van der Waals surface area (Å²) in [5.74, 6) is -0.00272. The number of carbonyl (C=O) groups is 3. The third-order valence-corrected chi connectivity index (χ3v) is 3.61. The van der Waals surface area contributed by atoms with Gasteiger partial charge in [-0.05, 0) is 18.1 Å². The molecule has 1 heterocycles. The van der Waals surface area contributed by atoms with Crippen LogP contribution in [0.3, 0.4) is 0 Å². The Labute approximate surface area is 129 Å². The Balaban J connectivity index is 2.04. The van der Waals surface area contributed by atoms with E-state index in [-0.39, 0.29) is 24.3 Å². The highest BCUT2D eigenvalue weighted by molar-refractivity contribution is 5.89. The summed E-state index contributed by atoms with van der Waals surface area (Å²) >= 11 is 0. The van der Waals surface area contributed by atoms with Crippen molar-refractivity contribution in [1.29, 1.82) is 0 Å². The Morgan fingerprint density at radius 3 is 2.86 bits per heavy atom. The fourth-order valence-electron chi connectivity index (χ4n) is 2.56. The van der Waals surface area contributed by atoms with Gasteiger partial charge in [0.25, 0.3) is 5.91 Å². The molecule has 1 fully saturated rings. The minimum atomic E-state index is -0.480. The van der Waals surface area contributed by atoms with Crippen molar-refractivity contribution >= 4 is 18.1 Å². The number of hydrogen-bond acceptors (Lipinski definition) is 4. The van der Waals surface area contributed by atoms with Crippen molar-refractivity contribution in [1.82, 2.24) is 10.2 Å². The van der Waals surface area contributed by atoms with Gasteiger partial charge in [0.05, 0.1) is 5.56 Å². The standard InChI is InChI=1S/C16H20N2O4/c1-11(2)15-16(21)17-7-8-18(15)14(20)10-22-13-6-4-3-5-12(13)9-19/h3-6,9,11,15H,7-8,10H2,1-2H3,(H,17,21). The first-order chi connectivity index (χ1) is 10.5. The molecule has 0 bridgehead atoms. The summed E-state index contributed by atoms with van der Waals surface area (Å²) in [5, 5.41) is 2.77. The quantitative estimate of drug-likeness (QED) is 0.819. The van der Waals surface area contributed by atoms with Gasteiger partial charge in [-0.3, -0.25) is 14.4 Å². The van der Waals surface area contributed by atoms with Gasteiger partial charge in [0.2, 0.25) is 5.91 Å². The van der Waals surface area contributed by atoms with Gasteiger partial charge in [0.15, 0.2) is 12.9 Å². The van der Waals surface area contributed by atoms with Gasteiger partial charge in [-0.15, -0.1) is 0 Å². The highest BCUT2D eigenvalue weighted by Crippen LogP contribution is 2.17. The molecule has 2 amide bonds. The molecule has 1 aliphatic rings. The number of carbonyl (C=O) groups excluding carboxylic acids is 3. The summed E-state index contributed by atoms with van der Waals surface area (Å²) in [6, 6.07) is 6.24. The Morgan fingerprint density at radius 2 is 2.18 bits per heavy atom. The van der Waals surface area contributed by atoms with E-state index in [1.807, 2.05) is 13.8 Å². The molecule has 0 aliphatic carbocycles. The zero-order chi connectivity index (χ0) is 16.1. The zero-order valence-corrected chi connectivity index (χ0v) is 12.7.